The van der Waals surface area contributed by atoms with Gasteiger partial charge in [0, 0.05) is 12.6 Å². The van der Waals surface area contributed by atoms with Crippen molar-refractivity contribution in [1.82, 2.24) is 5.32 Å². The molecule has 11 heavy (non-hydrogen) atoms. The van der Waals surface area contributed by atoms with Gasteiger partial charge >= 0.3 is 0 Å². The number of hydrogen-bond acceptors (Lipinski definition) is 2. The predicted molar refractivity (Wildman–Crippen MR) is 46.4 cm³/mol. The predicted octanol–water partition coefficient (Wildman–Crippen LogP) is 0.867. The molecule has 2 rings (SSSR count). The minimum atomic E-state index is 0.429. The van der Waals surface area contributed by atoms with Gasteiger partial charge in [0.2, 0.25) is 0 Å². The summed E-state index contributed by atoms with van der Waals surface area (Å²) < 4.78 is 0. The summed E-state index contributed by atoms with van der Waals surface area (Å²) in [6.45, 7) is 2.23. The second kappa shape index (κ2) is 2.76. The molecule has 2 aliphatic rings. The number of nitrogens with one attached hydrogen (secondary N) is 1. The number of hydrogen-bond donors (Lipinski definition) is 2. The fourth-order valence-corrected chi connectivity index (χ4v) is 2.70. The highest BCUT2D eigenvalue weighted by Gasteiger charge is 2.40. The van der Waals surface area contributed by atoms with E-state index in [9.17, 15) is 0 Å². The van der Waals surface area contributed by atoms with Gasteiger partial charge in [-0.25, -0.2) is 0 Å². The van der Waals surface area contributed by atoms with E-state index in [-0.39, 0.29) is 0 Å². The van der Waals surface area contributed by atoms with Crippen LogP contribution in [0.15, 0.2) is 0 Å². The molecule has 1 atom stereocenters. The van der Waals surface area contributed by atoms with Gasteiger partial charge in [-0.1, -0.05) is 12.8 Å². The summed E-state index contributed by atoms with van der Waals surface area (Å²) in [5.41, 5.74) is 6.66. The highest BCUT2D eigenvalue weighted by molar-refractivity contribution is 4.97. The summed E-state index contributed by atoms with van der Waals surface area (Å²) in [5, 5.41) is 3.36. The van der Waals surface area contributed by atoms with Crippen LogP contribution in [0.1, 0.15) is 32.1 Å². The molecule has 1 saturated carbocycles. The summed E-state index contributed by atoms with van der Waals surface area (Å²) in [5.74, 6) is 0. The molecule has 1 spiro atoms. The molecule has 2 nitrogen and oxygen atoms in total. The van der Waals surface area contributed by atoms with E-state index < -0.39 is 0 Å². The van der Waals surface area contributed by atoms with Gasteiger partial charge in [0.25, 0.3) is 0 Å². The van der Waals surface area contributed by atoms with Crippen molar-refractivity contribution >= 4 is 0 Å². The molecule has 0 aromatic carbocycles. The van der Waals surface area contributed by atoms with Gasteiger partial charge < -0.3 is 11.1 Å². The average Bonchev–Trinajstić information content (AvgIpc) is 2.46. The zero-order chi connectivity index (χ0) is 7.73. The van der Waals surface area contributed by atoms with Crippen molar-refractivity contribution in [1.29, 1.82) is 0 Å². The lowest BCUT2D eigenvalue weighted by molar-refractivity contribution is 0.173. The third-order valence-corrected chi connectivity index (χ3v) is 3.55. The summed E-state index contributed by atoms with van der Waals surface area (Å²) in [6, 6.07) is 0.429. The first-order valence-corrected chi connectivity index (χ1v) is 4.80. The molecular weight excluding hydrogens is 136 g/mol. The van der Waals surface area contributed by atoms with Crippen LogP contribution in [0.25, 0.3) is 0 Å². The topological polar surface area (TPSA) is 38.0 Å². The number of piperidine rings is 1. The van der Waals surface area contributed by atoms with E-state index >= 15 is 0 Å². The Labute approximate surface area is 68.5 Å². The molecule has 0 amide bonds. The van der Waals surface area contributed by atoms with Gasteiger partial charge in [-0.15, -0.1) is 0 Å². The van der Waals surface area contributed by atoms with Gasteiger partial charge in [0.1, 0.15) is 0 Å². The Bertz CT molecular complexity index is 138. The van der Waals surface area contributed by atoms with Gasteiger partial charge in [-0.2, -0.15) is 0 Å². The molecule has 0 radical (unpaired) electrons. The van der Waals surface area contributed by atoms with Crippen LogP contribution in [-0.4, -0.2) is 19.1 Å². The van der Waals surface area contributed by atoms with Crippen LogP contribution in [0.4, 0.5) is 0 Å². The van der Waals surface area contributed by atoms with Crippen LogP contribution in [0.2, 0.25) is 0 Å². The highest BCUT2D eigenvalue weighted by Crippen LogP contribution is 2.43. The maximum Gasteiger partial charge on any atom is 0.0223 e. The van der Waals surface area contributed by atoms with E-state index in [0.717, 1.165) is 6.54 Å². The third kappa shape index (κ3) is 1.18. The first-order chi connectivity index (χ1) is 5.33. The van der Waals surface area contributed by atoms with Gasteiger partial charge in [0.15, 0.2) is 0 Å². The first-order valence-electron chi connectivity index (χ1n) is 4.80. The van der Waals surface area contributed by atoms with Gasteiger partial charge in [-0.05, 0) is 31.2 Å². The number of nitrogens with two attached hydrogens (primary N) is 1. The molecular formula is C9H18N2. The van der Waals surface area contributed by atoms with Crippen molar-refractivity contribution < 1.29 is 0 Å². The lowest BCUT2D eigenvalue weighted by Crippen LogP contribution is -2.52. The SMILES string of the molecule is NC1CNCCC12CCCC2. The Morgan fingerprint density at radius 2 is 1.91 bits per heavy atom. The lowest BCUT2D eigenvalue weighted by atomic mass is 9.74. The van der Waals surface area contributed by atoms with E-state index in [1.807, 2.05) is 0 Å². The van der Waals surface area contributed by atoms with Gasteiger partial charge in [0.05, 0.1) is 0 Å². The zero-order valence-electron chi connectivity index (χ0n) is 7.10. The highest BCUT2D eigenvalue weighted by atomic mass is 14.9. The Morgan fingerprint density at radius 1 is 1.18 bits per heavy atom. The fraction of sp³-hybridized carbons (Fsp3) is 1.00. The smallest absolute Gasteiger partial charge is 0.0223 e. The molecule has 1 heterocycles. The second-order valence-electron chi connectivity index (χ2n) is 4.13. The number of rotatable bonds is 0. The summed E-state index contributed by atoms with van der Waals surface area (Å²) in [4.78, 5) is 0. The van der Waals surface area contributed by atoms with Crippen LogP contribution in [0.5, 0.6) is 0 Å². The first kappa shape index (κ1) is 7.56. The molecule has 64 valence electrons. The monoisotopic (exact) mass is 154 g/mol. The summed E-state index contributed by atoms with van der Waals surface area (Å²) in [7, 11) is 0. The van der Waals surface area contributed by atoms with E-state index in [1.54, 1.807) is 0 Å². The standard InChI is InChI=1S/C9H18N2/c10-8-7-11-6-5-9(8)3-1-2-4-9/h8,11H,1-7,10H2. The lowest BCUT2D eigenvalue weighted by Gasteiger charge is -2.39. The normalized spacial score (nSPS) is 36.3. The quantitative estimate of drug-likeness (QED) is 0.543. The van der Waals surface area contributed by atoms with E-state index in [2.05, 4.69) is 5.32 Å². The van der Waals surface area contributed by atoms with Crippen molar-refractivity contribution in [3.8, 4) is 0 Å². The van der Waals surface area contributed by atoms with E-state index in [4.69, 9.17) is 5.73 Å². The van der Waals surface area contributed by atoms with Crippen molar-refractivity contribution in [2.75, 3.05) is 13.1 Å². The third-order valence-electron chi connectivity index (χ3n) is 3.55. The molecule has 1 aliphatic carbocycles. The van der Waals surface area contributed by atoms with Gasteiger partial charge in [-0.3, -0.25) is 0 Å². The molecule has 0 bridgehead atoms. The van der Waals surface area contributed by atoms with Crippen LogP contribution in [-0.2, 0) is 0 Å². The van der Waals surface area contributed by atoms with Crippen LogP contribution < -0.4 is 11.1 Å². The Hall–Kier alpha value is -0.0800. The summed E-state index contributed by atoms with van der Waals surface area (Å²) >= 11 is 0. The maximum absolute atomic E-state index is 6.11. The Kier molecular flexibility index (Phi) is 1.90. The second-order valence-corrected chi connectivity index (χ2v) is 4.13. The molecule has 0 aromatic heterocycles. The largest absolute Gasteiger partial charge is 0.326 e. The Balaban J connectivity index is 2.07. The minimum Gasteiger partial charge on any atom is -0.326 e. The van der Waals surface area contributed by atoms with Crippen molar-refractivity contribution in [2.24, 2.45) is 11.1 Å². The molecule has 0 aromatic rings. The molecule has 1 unspecified atom stereocenters. The van der Waals surface area contributed by atoms with Crippen LogP contribution in [0.3, 0.4) is 0 Å². The van der Waals surface area contributed by atoms with Crippen molar-refractivity contribution in [2.45, 2.75) is 38.1 Å². The van der Waals surface area contributed by atoms with E-state index in [1.165, 1.54) is 38.6 Å². The molecule has 3 N–H and O–H groups in total. The Morgan fingerprint density at radius 3 is 2.55 bits per heavy atom. The molecule has 2 heteroatoms. The molecule has 2 fully saturated rings. The molecule has 1 aliphatic heterocycles. The van der Waals surface area contributed by atoms with Crippen molar-refractivity contribution in [3.63, 3.8) is 0 Å². The summed E-state index contributed by atoms with van der Waals surface area (Å²) in [6.07, 6.45) is 6.90. The van der Waals surface area contributed by atoms with Crippen molar-refractivity contribution in [3.05, 3.63) is 0 Å². The minimum absolute atomic E-state index is 0.429. The van der Waals surface area contributed by atoms with Crippen LogP contribution >= 0.6 is 0 Å². The average molecular weight is 154 g/mol. The fourth-order valence-electron chi connectivity index (χ4n) is 2.70. The van der Waals surface area contributed by atoms with E-state index in [0.29, 0.717) is 11.5 Å². The zero-order valence-corrected chi connectivity index (χ0v) is 7.10. The molecule has 1 saturated heterocycles. The van der Waals surface area contributed by atoms with Crippen LogP contribution in [0, 0.1) is 5.41 Å². The maximum atomic E-state index is 6.11.